The normalized spacial score (nSPS) is 13.0. The summed E-state index contributed by atoms with van der Waals surface area (Å²) in [7, 11) is -2.39. The summed E-state index contributed by atoms with van der Waals surface area (Å²) in [6, 6.07) is 12.0. The molecule has 2 aromatic rings. The van der Waals surface area contributed by atoms with Gasteiger partial charge in [0, 0.05) is 12.6 Å². The molecule has 0 radical (unpaired) electrons. The molecular weight excluding hydrogens is 478 g/mol. The lowest BCUT2D eigenvalue weighted by Gasteiger charge is -2.33. The summed E-state index contributed by atoms with van der Waals surface area (Å²) in [6.07, 6.45) is 2.19. The lowest BCUT2D eigenvalue weighted by molar-refractivity contribution is -0.140. The quantitative estimate of drug-likeness (QED) is 0.462. The van der Waals surface area contributed by atoms with Crippen LogP contribution in [-0.2, 0) is 26.2 Å². The number of carbonyl (C=O) groups is 2. The number of anilines is 1. The smallest absolute Gasteiger partial charge is 0.244 e. The van der Waals surface area contributed by atoms with Crippen LogP contribution in [0.5, 0.6) is 5.75 Å². The third-order valence-electron chi connectivity index (χ3n) is 6.14. The number of aryl methyl sites for hydroxylation is 2. The third-order valence-corrected chi connectivity index (χ3v) is 7.27. The van der Waals surface area contributed by atoms with Crippen molar-refractivity contribution in [3.63, 3.8) is 0 Å². The Morgan fingerprint density at radius 3 is 2.14 bits per heavy atom. The van der Waals surface area contributed by atoms with Crippen LogP contribution in [-0.4, -0.2) is 57.1 Å². The minimum Gasteiger partial charge on any atom is -0.495 e. The minimum atomic E-state index is -3.84. The van der Waals surface area contributed by atoms with E-state index < -0.39 is 28.5 Å². The zero-order valence-electron chi connectivity index (χ0n) is 22.4. The fraction of sp³-hybridized carbons (Fsp3) is 0.481. The van der Waals surface area contributed by atoms with Crippen LogP contribution in [0.15, 0.2) is 42.5 Å². The van der Waals surface area contributed by atoms with E-state index in [2.05, 4.69) is 5.32 Å². The van der Waals surface area contributed by atoms with Crippen molar-refractivity contribution in [1.82, 2.24) is 10.2 Å². The average Bonchev–Trinajstić information content (AvgIpc) is 2.82. The first kappa shape index (κ1) is 29.2. The van der Waals surface area contributed by atoms with Gasteiger partial charge in [-0.25, -0.2) is 8.42 Å². The molecule has 0 fully saturated rings. The number of hydrogen-bond donors (Lipinski definition) is 1. The molecule has 0 aliphatic heterocycles. The van der Waals surface area contributed by atoms with Crippen LogP contribution >= 0.6 is 0 Å². The van der Waals surface area contributed by atoms with Gasteiger partial charge in [-0.05, 0) is 56.9 Å². The van der Waals surface area contributed by atoms with Gasteiger partial charge in [-0.2, -0.15) is 0 Å². The lowest BCUT2D eigenvalue weighted by atomic mass is 10.1. The highest BCUT2D eigenvalue weighted by Crippen LogP contribution is 2.31. The summed E-state index contributed by atoms with van der Waals surface area (Å²) < 4.78 is 32.1. The van der Waals surface area contributed by atoms with E-state index in [0.717, 1.165) is 33.7 Å². The van der Waals surface area contributed by atoms with E-state index in [1.807, 2.05) is 58.9 Å². The van der Waals surface area contributed by atoms with Gasteiger partial charge in [0.2, 0.25) is 21.8 Å². The summed E-state index contributed by atoms with van der Waals surface area (Å²) >= 11 is 0. The molecule has 0 unspecified atom stereocenters. The van der Waals surface area contributed by atoms with Crippen molar-refractivity contribution in [3.05, 3.63) is 59.2 Å². The van der Waals surface area contributed by atoms with Crippen LogP contribution in [0.25, 0.3) is 0 Å². The molecule has 2 atom stereocenters. The molecule has 0 spiro atoms. The van der Waals surface area contributed by atoms with E-state index in [1.165, 1.54) is 12.0 Å². The second-order valence-corrected chi connectivity index (χ2v) is 11.1. The van der Waals surface area contributed by atoms with Crippen molar-refractivity contribution in [2.75, 3.05) is 24.2 Å². The summed E-state index contributed by atoms with van der Waals surface area (Å²) in [5.41, 5.74) is 3.03. The topological polar surface area (TPSA) is 96.0 Å². The van der Waals surface area contributed by atoms with Crippen molar-refractivity contribution in [1.29, 1.82) is 0 Å². The molecule has 2 aromatic carbocycles. The number of sulfonamides is 1. The summed E-state index contributed by atoms with van der Waals surface area (Å²) in [4.78, 5) is 28.4. The number of nitrogens with zero attached hydrogens (tertiary/aromatic N) is 2. The zero-order chi connectivity index (χ0) is 27.0. The van der Waals surface area contributed by atoms with Crippen LogP contribution in [0, 0.1) is 13.8 Å². The molecule has 0 heterocycles. The monoisotopic (exact) mass is 517 g/mol. The number of benzene rings is 2. The maximum atomic E-state index is 13.8. The fourth-order valence-corrected chi connectivity index (χ4v) is 4.69. The molecule has 198 valence electrons. The molecule has 1 N–H and O–H groups in total. The van der Waals surface area contributed by atoms with Crippen molar-refractivity contribution in [2.45, 2.75) is 66.1 Å². The second-order valence-electron chi connectivity index (χ2n) is 9.19. The molecule has 2 amide bonds. The summed E-state index contributed by atoms with van der Waals surface area (Å²) in [5.74, 6) is -0.396. The first-order valence-electron chi connectivity index (χ1n) is 12.2. The Labute approximate surface area is 215 Å². The first-order valence-corrected chi connectivity index (χ1v) is 14.0. The zero-order valence-corrected chi connectivity index (χ0v) is 23.2. The van der Waals surface area contributed by atoms with Gasteiger partial charge in [0.05, 0.1) is 19.1 Å². The number of nitrogens with one attached hydrogen (secondary N) is 1. The van der Waals surface area contributed by atoms with Crippen molar-refractivity contribution >= 4 is 27.5 Å². The Morgan fingerprint density at radius 2 is 1.61 bits per heavy atom. The molecular formula is C27H39N3O5S. The van der Waals surface area contributed by atoms with E-state index in [1.54, 1.807) is 18.2 Å². The number of amides is 2. The summed E-state index contributed by atoms with van der Waals surface area (Å²) in [5, 5.41) is 2.97. The SMILES string of the molecule is CC[C@@H](C)NC(=O)[C@H](CC)N(Cc1ccc(C)cc1)C(=O)CN(c1cc(C)ccc1OC)S(C)(=O)=O. The van der Waals surface area contributed by atoms with Gasteiger partial charge in [0.1, 0.15) is 18.3 Å². The van der Waals surface area contributed by atoms with Crippen molar-refractivity contribution < 1.29 is 22.7 Å². The maximum absolute atomic E-state index is 13.8. The number of ether oxygens (including phenoxy) is 1. The molecule has 0 saturated carbocycles. The molecule has 9 heteroatoms. The van der Waals surface area contributed by atoms with Crippen molar-refractivity contribution in [2.24, 2.45) is 0 Å². The Morgan fingerprint density at radius 1 is 1.00 bits per heavy atom. The fourth-order valence-electron chi connectivity index (χ4n) is 3.84. The van der Waals surface area contributed by atoms with E-state index in [4.69, 9.17) is 4.74 Å². The minimum absolute atomic E-state index is 0.0491. The average molecular weight is 518 g/mol. The van der Waals surface area contributed by atoms with Crippen LogP contribution in [0.4, 0.5) is 5.69 Å². The van der Waals surface area contributed by atoms with Gasteiger partial charge in [-0.3, -0.25) is 13.9 Å². The molecule has 2 rings (SSSR count). The maximum Gasteiger partial charge on any atom is 0.244 e. The first-order chi connectivity index (χ1) is 16.9. The highest BCUT2D eigenvalue weighted by molar-refractivity contribution is 7.92. The molecule has 0 saturated heterocycles. The number of carbonyl (C=O) groups excluding carboxylic acids is 2. The molecule has 0 aliphatic carbocycles. The Balaban J connectivity index is 2.50. The van der Waals surface area contributed by atoms with Gasteiger partial charge >= 0.3 is 0 Å². The largest absolute Gasteiger partial charge is 0.495 e. The third kappa shape index (κ3) is 7.71. The van der Waals surface area contributed by atoms with Gasteiger partial charge in [-0.15, -0.1) is 0 Å². The van der Waals surface area contributed by atoms with Crippen molar-refractivity contribution in [3.8, 4) is 5.75 Å². The predicted molar refractivity (Wildman–Crippen MR) is 144 cm³/mol. The molecule has 0 aliphatic rings. The van der Waals surface area contributed by atoms with Crippen LogP contribution in [0.3, 0.4) is 0 Å². The Hall–Kier alpha value is -3.07. The van der Waals surface area contributed by atoms with Gasteiger partial charge in [-0.1, -0.05) is 49.7 Å². The van der Waals surface area contributed by atoms with Gasteiger partial charge < -0.3 is 15.0 Å². The highest BCUT2D eigenvalue weighted by Gasteiger charge is 2.33. The highest BCUT2D eigenvalue weighted by atomic mass is 32.2. The number of rotatable bonds is 12. The van der Waals surface area contributed by atoms with E-state index >= 15 is 0 Å². The molecule has 36 heavy (non-hydrogen) atoms. The van der Waals surface area contributed by atoms with Gasteiger partial charge in [0.15, 0.2) is 0 Å². The number of hydrogen-bond acceptors (Lipinski definition) is 5. The Kier molecular flexibility index (Phi) is 10.3. The molecule has 0 bridgehead atoms. The Bertz CT molecular complexity index is 1150. The molecule has 8 nitrogen and oxygen atoms in total. The second kappa shape index (κ2) is 12.8. The van der Waals surface area contributed by atoms with Crippen LogP contribution in [0.1, 0.15) is 50.3 Å². The lowest BCUT2D eigenvalue weighted by Crippen LogP contribution is -2.53. The van der Waals surface area contributed by atoms with E-state index in [9.17, 15) is 18.0 Å². The summed E-state index contributed by atoms with van der Waals surface area (Å²) in [6.45, 7) is 9.24. The standard InChI is InChI=1S/C27H39N3O5S/c1-8-21(5)28-27(32)23(9-2)29(17-22-13-10-19(3)11-14-22)26(31)18-30(36(7,33)34)24-16-20(4)12-15-25(24)35-6/h10-16,21,23H,8-9,17-18H2,1-7H3,(H,28,32)/t21-,23+/m1/s1. The predicted octanol–water partition coefficient (Wildman–Crippen LogP) is 3.80. The van der Waals surface area contributed by atoms with Gasteiger partial charge in [0.25, 0.3) is 0 Å². The molecule has 0 aromatic heterocycles. The van der Waals surface area contributed by atoms with Crippen LogP contribution < -0.4 is 14.4 Å². The van der Waals surface area contributed by atoms with E-state index in [-0.39, 0.29) is 24.2 Å². The number of methoxy groups -OCH3 is 1. The van der Waals surface area contributed by atoms with E-state index in [0.29, 0.717) is 12.2 Å². The van der Waals surface area contributed by atoms with Crippen LogP contribution in [0.2, 0.25) is 0 Å².